The third-order valence-electron chi connectivity index (χ3n) is 5.23. The molecule has 0 aliphatic carbocycles. The van der Waals surface area contributed by atoms with Crippen LogP contribution >= 0.6 is 23.1 Å². The number of nitrogens with one attached hydrogen (secondary N) is 1. The molecule has 1 aliphatic rings. The van der Waals surface area contributed by atoms with Crippen molar-refractivity contribution in [2.45, 2.75) is 37.9 Å². The fourth-order valence-electron chi connectivity index (χ4n) is 3.69. The van der Waals surface area contributed by atoms with Gasteiger partial charge in [0.15, 0.2) is 0 Å². The van der Waals surface area contributed by atoms with Crippen LogP contribution in [0.5, 0.6) is 0 Å². The van der Waals surface area contributed by atoms with Crippen LogP contribution in [0.25, 0.3) is 0 Å². The van der Waals surface area contributed by atoms with Crippen LogP contribution in [0.4, 0.5) is 0 Å². The number of rotatable bonds is 10. The number of carbonyl (C=O) groups excluding carboxylic acids is 2. The number of amides is 1. The Morgan fingerprint density at radius 2 is 2.00 bits per heavy atom. The summed E-state index contributed by atoms with van der Waals surface area (Å²) in [5.74, 6) is -0.699. The van der Waals surface area contributed by atoms with Crippen LogP contribution in [0.15, 0.2) is 47.8 Å². The molecule has 1 fully saturated rings. The first-order chi connectivity index (χ1) is 15.5. The van der Waals surface area contributed by atoms with E-state index in [1.807, 2.05) is 47.8 Å². The third-order valence-corrected chi connectivity index (χ3v) is 7.33. The first kappa shape index (κ1) is 24.3. The molecule has 3 atom stereocenters. The van der Waals surface area contributed by atoms with Gasteiger partial charge in [0.1, 0.15) is 12.6 Å². The Kier molecular flexibility index (Phi) is 9.13. The lowest BCUT2D eigenvalue weighted by molar-refractivity contribution is -0.149. The van der Waals surface area contributed by atoms with Gasteiger partial charge in [0, 0.05) is 16.4 Å². The fourth-order valence-corrected chi connectivity index (χ4v) is 5.83. The van der Waals surface area contributed by atoms with E-state index >= 15 is 0 Å². The first-order valence-electron chi connectivity index (χ1n) is 10.6. The van der Waals surface area contributed by atoms with E-state index in [0.29, 0.717) is 24.3 Å². The lowest BCUT2D eigenvalue weighted by atomic mass is 10.0. The molecule has 2 heterocycles. The van der Waals surface area contributed by atoms with Crippen LogP contribution in [-0.2, 0) is 25.5 Å². The summed E-state index contributed by atoms with van der Waals surface area (Å²) in [6, 6.07) is 12.0. The normalized spacial score (nSPS) is 19.9. The predicted octanol–water partition coefficient (Wildman–Crippen LogP) is 2.97. The Morgan fingerprint density at radius 3 is 2.66 bits per heavy atom. The van der Waals surface area contributed by atoms with Crippen LogP contribution in [0.2, 0.25) is 0 Å². The van der Waals surface area contributed by atoms with Gasteiger partial charge in [-0.25, -0.2) is 0 Å². The van der Waals surface area contributed by atoms with Gasteiger partial charge in [0.05, 0.1) is 18.7 Å². The van der Waals surface area contributed by atoms with E-state index in [1.54, 1.807) is 18.7 Å². The second kappa shape index (κ2) is 12.0. The summed E-state index contributed by atoms with van der Waals surface area (Å²) in [7, 11) is 0. The fraction of sp³-hybridized carbons (Fsp3) is 0.435. The Hall–Kier alpha value is -2.36. The molecule has 0 saturated carbocycles. The smallest absolute Gasteiger partial charge is 0.323 e. The van der Waals surface area contributed by atoms with E-state index in [4.69, 9.17) is 4.74 Å². The van der Waals surface area contributed by atoms with Crippen molar-refractivity contribution in [3.63, 3.8) is 0 Å². The molecule has 2 aromatic rings. The van der Waals surface area contributed by atoms with E-state index in [9.17, 15) is 19.5 Å². The van der Waals surface area contributed by atoms with Crippen molar-refractivity contribution < 1.29 is 24.2 Å². The molecular formula is C23H28N2O5S2. The maximum absolute atomic E-state index is 13.4. The molecule has 7 nitrogen and oxygen atoms in total. The quantitative estimate of drug-likeness (QED) is 0.509. The number of thiophene rings is 1. The summed E-state index contributed by atoms with van der Waals surface area (Å²) in [4.78, 5) is 40.0. The largest absolute Gasteiger partial charge is 0.480 e. The van der Waals surface area contributed by atoms with Gasteiger partial charge in [-0.3, -0.25) is 19.7 Å². The van der Waals surface area contributed by atoms with Crippen LogP contribution in [0.1, 0.15) is 29.8 Å². The zero-order valence-electron chi connectivity index (χ0n) is 17.9. The molecule has 172 valence electrons. The zero-order valence-corrected chi connectivity index (χ0v) is 19.6. The van der Waals surface area contributed by atoms with Crippen molar-refractivity contribution >= 4 is 40.9 Å². The Morgan fingerprint density at radius 1 is 1.22 bits per heavy atom. The van der Waals surface area contributed by atoms with Gasteiger partial charge in [-0.1, -0.05) is 36.4 Å². The third kappa shape index (κ3) is 6.57. The summed E-state index contributed by atoms with van der Waals surface area (Å²) in [6.07, 6.45) is 1.13. The SMILES string of the molecule is CCOC(=O)[C@H](CCc1ccccc1)N[C@H]1CSC[C@@H](c2cccs2)N(CC(=O)O)C1=O. The molecule has 0 bridgehead atoms. The molecule has 1 aromatic heterocycles. The molecule has 2 N–H and O–H groups in total. The maximum Gasteiger partial charge on any atom is 0.323 e. The molecule has 1 saturated heterocycles. The maximum atomic E-state index is 13.4. The second-order valence-corrected chi connectivity index (χ2v) is 9.53. The van der Waals surface area contributed by atoms with E-state index in [1.165, 1.54) is 16.2 Å². The average Bonchev–Trinajstić information content (AvgIpc) is 3.27. The number of aliphatic carboxylic acids is 1. The molecule has 0 spiro atoms. The highest BCUT2D eigenvalue weighted by molar-refractivity contribution is 7.99. The monoisotopic (exact) mass is 476 g/mol. The van der Waals surface area contributed by atoms with E-state index in [-0.39, 0.29) is 25.1 Å². The number of thioether (sulfide) groups is 1. The number of nitrogens with zero attached hydrogens (tertiary/aromatic N) is 1. The number of carboxylic acids is 1. The van der Waals surface area contributed by atoms with Gasteiger partial charge in [0.2, 0.25) is 5.91 Å². The standard InChI is InChI=1S/C23H28N2O5S2/c1-2-30-23(29)17(11-10-16-7-4-3-5-8-16)24-18-14-31-15-19(20-9-6-12-32-20)25(22(18)28)13-21(26)27/h3-9,12,17-19,24H,2,10-11,13-15H2,1H3,(H,26,27)/t17-,18-,19-/m0/s1. The van der Waals surface area contributed by atoms with Crippen molar-refractivity contribution in [3.05, 3.63) is 58.3 Å². The summed E-state index contributed by atoms with van der Waals surface area (Å²) < 4.78 is 5.25. The number of carboxylic acid groups (broad SMARTS) is 1. The highest BCUT2D eigenvalue weighted by Crippen LogP contribution is 2.32. The highest BCUT2D eigenvalue weighted by Gasteiger charge is 2.37. The molecule has 0 unspecified atom stereocenters. The first-order valence-corrected chi connectivity index (χ1v) is 12.6. The van der Waals surface area contributed by atoms with Crippen molar-refractivity contribution in [1.82, 2.24) is 10.2 Å². The van der Waals surface area contributed by atoms with E-state index < -0.39 is 24.0 Å². The van der Waals surface area contributed by atoms with Crippen LogP contribution in [-0.4, -0.2) is 64.6 Å². The van der Waals surface area contributed by atoms with E-state index in [0.717, 1.165) is 10.4 Å². The number of ether oxygens (including phenoxy) is 1. The number of benzene rings is 1. The van der Waals surface area contributed by atoms with Gasteiger partial charge < -0.3 is 14.7 Å². The lowest BCUT2D eigenvalue weighted by Gasteiger charge is -2.30. The number of aryl methyl sites for hydroxylation is 1. The minimum Gasteiger partial charge on any atom is -0.480 e. The van der Waals surface area contributed by atoms with Crippen molar-refractivity contribution in [2.75, 3.05) is 24.7 Å². The second-order valence-electron chi connectivity index (χ2n) is 7.48. The zero-order chi connectivity index (χ0) is 22.9. The van der Waals surface area contributed by atoms with Crippen LogP contribution < -0.4 is 5.32 Å². The Balaban J connectivity index is 1.77. The van der Waals surface area contributed by atoms with Gasteiger partial charge in [-0.05, 0) is 36.8 Å². The molecular weight excluding hydrogens is 448 g/mol. The number of hydrogen-bond donors (Lipinski definition) is 2. The number of hydrogen-bond acceptors (Lipinski definition) is 7. The van der Waals surface area contributed by atoms with Crippen molar-refractivity contribution in [2.24, 2.45) is 0 Å². The molecule has 1 amide bonds. The summed E-state index contributed by atoms with van der Waals surface area (Å²) in [5.41, 5.74) is 1.09. The average molecular weight is 477 g/mol. The molecule has 1 aliphatic heterocycles. The van der Waals surface area contributed by atoms with Crippen LogP contribution in [0.3, 0.4) is 0 Å². The van der Waals surface area contributed by atoms with Crippen LogP contribution in [0, 0.1) is 0 Å². The predicted molar refractivity (Wildman–Crippen MR) is 126 cm³/mol. The lowest BCUT2D eigenvalue weighted by Crippen LogP contribution is -2.54. The topological polar surface area (TPSA) is 95.9 Å². The summed E-state index contributed by atoms with van der Waals surface area (Å²) in [6.45, 7) is 1.62. The Labute approximate surface area is 196 Å². The van der Waals surface area contributed by atoms with Gasteiger partial charge >= 0.3 is 11.9 Å². The minimum absolute atomic E-state index is 0.251. The molecule has 3 rings (SSSR count). The van der Waals surface area contributed by atoms with Crippen molar-refractivity contribution in [3.8, 4) is 0 Å². The van der Waals surface area contributed by atoms with E-state index in [2.05, 4.69) is 5.32 Å². The minimum atomic E-state index is -1.06. The highest BCUT2D eigenvalue weighted by atomic mass is 32.2. The van der Waals surface area contributed by atoms with Gasteiger partial charge in [-0.2, -0.15) is 11.8 Å². The summed E-state index contributed by atoms with van der Waals surface area (Å²) in [5, 5.41) is 14.6. The van der Waals surface area contributed by atoms with Crippen molar-refractivity contribution in [1.29, 1.82) is 0 Å². The molecule has 9 heteroatoms. The van der Waals surface area contributed by atoms with Gasteiger partial charge in [-0.15, -0.1) is 11.3 Å². The Bertz CT molecular complexity index is 891. The summed E-state index contributed by atoms with van der Waals surface area (Å²) >= 11 is 3.09. The number of esters is 1. The number of carbonyl (C=O) groups is 3. The molecule has 32 heavy (non-hydrogen) atoms. The molecule has 1 aromatic carbocycles. The molecule has 0 radical (unpaired) electrons. The van der Waals surface area contributed by atoms with Gasteiger partial charge in [0.25, 0.3) is 0 Å².